The van der Waals surface area contributed by atoms with Crippen molar-refractivity contribution >= 4 is 11.8 Å². The minimum Gasteiger partial charge on any atom is -0.492 e. The van der Waals surface area contributed by atoms with Crippen LogP contribution < -0.4 is 20.1 Å². The van der Waals surface area contributed by atoms with Gasteiger partial charge in [-0.2, -0.15) is 0 Å². The summed E-state index contributed by atoms with van der Waals surface area (Å²) in [5.41, 5.74) is 3.53. The topological polar surface area (TPSA) is 79.9 Å². The van der Waals surface area contributed by atoms with E-state index >= 15 is 0 Å². The van der Waals surface area contributed by atoms with E-state index in [-0.39, 0.29) is 35.9 Å². The Balaban J connectivity index is 1.50. The molecule has 0 radical (unpaired) electrons. The predicted octanol–water partition coefficient (Wildman–Crippen LogP) is 3.39. The van der Waals surface area contributed by atoms with Crippen LogP contribution >= 0.6 is 0 Å². The summed E-state index contributed by atoms with van der Waals surface area (Å²) in [6.45, 7) is 3.58. The second-order valence-electron chi connectivity index (χ2n) is 9.51. The Labute approximate surface area is 200 Å². The van der Waals surface area contributed by atoms with Gasteiger partial charge in [0.25, 0.3) is 5.91 Å². The van der Waals surface area contributed by atoms with Crippen LogP contribution in [0.4, 0.5) is 0 Å². The number of nitrogens with one attached hydrogen (secondary N) is 2. The highest BCUT2D eigenvalue weighted by Crippen LogP contribution is 2.49. The Kier molecular flexibility index (Phi) is 6.21. The van der Waals surface area contributed by atoms with Gasteiger partial charge >= 0.3 is 0 Å². The Bertz CT molecular complexity index is 1090. The maximum atomic E-state index is 13.4. The Morgan fingerprint density at radius 2 is 1.94 bits per heavy atom. The first-order valence-corrected chi connectivity index (χ1v) is 12.2. The van der Waals surface area contributed by atoms with Crippen molar-refractivity contribution in [1.29, 1.82) is 0 Å². The molecule has 0 aliphatic carbocycles. The van der Waals surface area contributed by atoms with E-state index in [0.29, 0.717) is 30.0 Å². The largest absolute Gasteiger partial charge is 0.492 e. The van der Waals surface area contributed by atoms with Crippen molar-refractivity contribution in [3.05, 3.63) is 58.7 Å². The highest BCUT2D eigenvalue weighted by atomic mass is 16.5. The molecule has 2 amide bonds. The lowest BCUT2D eigenvalue weighted by Crippen LogP contribution is -2.57. The first-order valence-electron chi connectivity index (χ1n) is 12.2. The van der Waals surface area contributed by atoms with E-state index in [1.165, 1.54) is 0 Å². The lowest BCUT2D eigenvalue weighted by molar-refractivity contribution is -0.145. The van der Waals surface area contributed by atoms with Gasteiger partial charge in [0, 0.05) is 18.2 Å². The molecule has 3 heterocycles. The van der Waals surface area contributed by atoms with Crippen LogP contribution in [0, 0.1) is 5.92 Å². The maximum Gasteiger partial charge on any atom is 0.255 e. The van der Waals surface area contributed by atoms with Gasteiger partial charge in [0.2, 0.25) is 5.91 Å². The third kappa shape index (κ3) is 3.82. The van der Waals surface area contributed by atoms with E-state index in [0.717, 1.165) is 42.5 Å². The summed E-state index contributed by atoms with van der Waals surface area (Å²) in [6, 6.07) is 11.8. The molecule has 0 saturated carbocycles. The molecule has 7 heteroatoms. The van der Waals surface area contributed by atoms with Gasteiger partial charge in [0.05, 0.1) is 37.8 Å². The molecular formula is C27H33N3O4. The molecule has 180 valence electrons. The summed E-state index contributed by atoms with van der Waals surface area (Å²) in [4.78, 5) is 28.7. The van der Waals surface area contributed by atoms with E-state index in [1.807, 2.05) is 48.2 Å². The molecule has 0 bridgehead atoms. The molecular weight excluding hydrogens is 430 g/mol. The van der Waals surface area contributed by atoms with E-state index in [9.17, 15) is 9.59 Å². The standard InChI is InChI=1S/C27H33N3O4/c1-16(17-8-5-4-6-9-17)29-26(31)20-14-18-11-13-30-22(23(18)25(34-3)24(20)33-2)15-21-19(27(30)32)10-7-12-28-21/h4-6,8-9,14,16,19,21-22,28H,7,10-13,15H2,1-3H3,(H,29,31)/t16-,19-,21-,22-/m1/s1. The van der Waals surface area contributed by atoms with Gasteiger partial charge in [0.1, 0.15) is 0 Å². The number of piperidine rings is 2. The number of carbonyl (C=O) groups excluding carboxylic acids is 2. The molecule has 3 aliphatic rings. The summed E-state index contributed by atoms with van der Waals surface area (Å²) in [5.74, 6) is 1.08. The molecule has 2 aromatic rings. The number of rotatable bonds is 5. The molecule has 34 heavy (non-hydrogen) atoms. The van der Waals surface area contributed by atoms with E-state index in [4.69, 9.17) is 9.47 Å². The van der Waals surface area contributed by atoms with Crippen LogP contribution in [0.3, 0.4) is 0 Å². The van der Waals surface area contributed by atoms with Gasteiger partial charge in [-0.3, -0.25) is 9.59 Å². The van der Waals surface area contributed by atoms with Gasteiger partial charge in [-0.15, -0.1) is 0 Å². The van der Waals surface area contributed by atoms with Crippen molar-refractivity contribution in [2.45, 2.75) is 50.7 Å². The average molecular weight is 464 g/mol. The van der Waals surface area contributed by atoms with Crippen molar-refractivity contribution in [2.75, 3.05) is 27.3 Å². The molecule has 4 atom stereocenters. The minimum absolute atomic E-state index is 0.0592. The van der Waals surface area contributed by atoms with Crippen LogP contribution in [0.2, 0.25) is 0 Å². The van der Waals surface area contributed by atoms with Crippen LogP contribution in [0.1, 0.15) is 65.3 Å². The van der Waals surface area contributed by atoms with Crippen molar-refractivity contribution in [3.8, 4) is 11.5 Å². The van der Waals surface area contributed by atoms with Gasteiger partial charge in [-0.05, 0) is 56.3 Å². The monoisotopic (exact) mass is 463 g/mol. The quantitative estimate of drug-likeness (QED) is 0.711. The second kappa shape index (κ2) is 9.29. The number of ether oxygens (including phenoxy) is 2. The summed E-state index contributed by atoms with van der Waals surface area (Å²) in [7, 11) is 3.17. The number of amides is 2. The average Bonchev–Trinajstić information content (AvgIpc) is 2.87. The van der Waals surface area contributed by atoms with Crippen molar-refractivity contribution in [2.24, 2.45) is 5.92 Å². The molecule has 5 rings (SSSR count). The SMILES string of the molecule is COc1c(C(=O)N[C@H](C)c2ccccc2)cc2c(c1OC)[C@H]1C[C@H]3NCCC[C@H]3C(=O)N1CC2. The van der Waals surface area contributed by atoms with E-state index < -0.39 is 0 Å². The summed E-state index contributed by atoms with van der Waals surface area (Å²) < 4.78 is 11.6. The third-order valence-corrected chi connectivity index (χ3v) is 7.65. The molecule has 2 N–H and O–H groups in total. The number of hydrogen-bond donors (Lipinski definition) is 2. The number of methoxy groups -OCH3 is 2. The fourth-order valence-electron chi connectivity index (χ4n) is 5.96. The fourth-order valence-corrected chi connectivity index (χ4v) is 5.96. The van der Waals surface area contributed by atoms with Crippen LogP contribution in [-0.2, 0) is 11.2 Å². The van der Waals surface area contributed by atoms with Crippen molar-refractivity contribution in [1.82, 2.24) is 15.5 Å². The lowest BCUT2D eigenvalue weighted by Gasteiger charge is -2.48. The van der Waals surface area contributed by atoms with Crippen molar-refractivity contribution < 1.29 is 19.1 Å². The molecule has 0 aromatic heterocycles. The molecule has 3 aliphatic heterocycles. The van der Waals surface area contributed by atoms with Gasteiger partial charge in [-0.25, -0.2) is 0 Å². The first-order chi connectivity index (χ1) is 16.5. The number of benzene rings is 2. The molecule has 0 spiro atoms. The Hall–Kier alpha value is -3.06. The van der Waals surface area contributed by atoms with Crippen LogP contribution in [0.15, 0.2) is 36.4 Å². The van der Waals surface area contributed by atoms with Crippen molar-refractivity contribution in [3.63, 3.8) is 0 Å². The number of fused-ring (bicyclic) bond motifs is 4. The Morgan fingerprint density at radius 1 is 1.18 bits per heavy atom. The highest BCUT2D eigenvalue weighted by molar-refractivity contribution is 5.99. The predicted molar refractivity (Wildman–Crippen MR) is 129 cm³/mol. The third-order valence-electron chi connectivity index (χ3n) is 7.65. The van der Waals surface area contributed by atoms with E-state index in [1.54, 1.807) is 14.2 Å². The van der Waals surface area contributed by atoms with Crippen LogP contribution in [0.5, 0.6) is 11.5 Å². The number of carbonyl (C=O) groups is 2. The smallest absolute Gasteiger partial charge is 0.255 e. The van der Waals surface area contributed by atoms with Crippen LogP contribution in [-0.4, -0.2) is 50.1 Å². The zero-order valence-electron chi connectivity index (χ0n) is 20.1. The second-order valence-corrected chi connectivity index (χ2v) is 9.51. The van der Waals surface area contributed by atoms with Gasteiger partial charge in [0.15, 0.2) is 11.5 Å². The minimum atomic E-state index is -0.203. The first kappa shape index (κ1) is 22.7. The molecule has 2 aromatic carbocycles. The summed E-state index contributed by atoms with van der Waals surface area (Å²) in [5, 5.41) is 6.66. The number of hydrogen-bond acceptors (Lipinski definition) is 5. The number of nitrogens with zero attached hydrogens (tertiary/aromatic N) is 1. The molecule has 7 nitrogen and oxygen atoms in total. The van der Waals surface area contributed by atoms with Gasteiger partial charge in [-0.1, -0.05) is 30.3 Å². The molecule has 0 unspecified atom stereocenters. The molecule has 2 saturated heterocycles. The van der Waals surface area contributed by atoms with Crippen LogP contribution in [0.25, 0.3) is 0 Å². The summed E-state index contributed by atoms with van der Waals surface area (Å²) >= 11 is 0. The Morgan fingerprint density at radius 3 is 2.68 bits per heavy atom. The highest BCUT2D eigenvalue weighted by Gasteiger charge is 2.46. The zero-order chi connectivity index (χ0) is 23.8. The summed E-state index contributed by atoms with van der Waals surface area (Å²) in [6.07, 6.45) is 3.53. The van der Waals surface area contributed by atoms with E-state index in [2.05, 4.69) is 10.6 Å². The lowest BCUT2D eigenvalue weighted by atomic mass is 9.76. The fraction of sp³-hybridized carbons (Fsp3) is 0.481. The molecule has 2 fully saturated rings. The normalized spacial score (nSPS) is 24.4. The maximum absolute atomic E-state index is 13.4. The zero-order valence-corrected chi connectivity index (χ0v) is 20.1. The van der Waals surface area contributed by atoms with Gasteiger partial charge < -0.3 is 25.0 Å².